The Morgan fingerprint density at radius 3 is 2.24 bits per heavy atom. The van der Waals surface area contributed by atoms with Gasteiger partial charge in [0, 0.05) is 25.2 Å². The second kappa shape index (κ2) is 8.86. The second-order valence-electron chi connectivity index (χ2n) is 4.62. The summed E-state index contributed by atoms with van der Waals surface area (Å²) < 4.78 is 21.3. The molecule has 1 heterocycles. The molecular formula is C13H26O4. The number of hydrogen-bond acceptors (Lipinski definition) is 4. The Kier molecular flexibility index (Phi) is 7.77. The summed E-state index contributed by atoms with van der Waals surface area (Å²) in [5, 5.41) is 0. The highest BCUT2D eigenvalue weighted by Crippen LogP contribution is 2.31. The molecule has 1 aliphatic heterocycles. The number of hydrogen-bond donors (Lipinski definition) is 0. The molecule has 0 aliphatic carbocycles. The van der Waals surface area contributed by atoms with Crippen LogP contribution in [0.25, 0.3) is 0 Å². The minimum atomic E-state index is 0.311. The van der Waals surface area contributed by atoms with E-state index in [4.69, 9.17) is 18.9 Å². The number of rotatable bonds is 11. The molecule has 0 N–H and O–H groups in total. The summed E-state index contributed by atoms with van der Waals surface area (Å²) >= 11 is 0. The minimum absolute atomic E-state index is 0.311. The smallest absolute Gasteiger partial charge is 0.146 e. The van der Waals surface area contributed by atoms with Gasteiger partial charge >= 0.3 is 0 Å². The molecule has 4 heteroatoms. The number of unbranched alkanes of at least 4 members (excludes halogenated alkanes) is 1. The van der Waals surface area contributed by atoms with E-state index >= 15 is 0 Å². The predicted molar refractivity (Wildman–Crippen MR) is 66.0 cm³/mol. The average molecular weight is 246 g/mol. The van der Waals surface area contributed by atoms with Gasteiger partial charge in [-0.05, 0) is 26.2 Å². The third kappa shape index (κ3) is 5.82. The third-order valence-corrected chi connectivity index (χ3v) is 3.17. The molecule has 0 aromatic carbocycles. The molecular weight excluding hydrogens is 220 g/mol. The summed E-state index contributed by atoms with van der Waals surface area (Å²) in [6.07, 6.45) is 3.22. The van der Waals surface area contributed by atoms with Crippen LogP contribution in [0, 0.1) is 5.41 Å². The van der Waals surface area contributed by atoms with Crippen LogP contribution in [0.5, 0.6) is 0 Å². The molecule has 4 nitrogen and oxygen atoms in total. The van der Waals surface area contributed by atoms with E-state index in [1.54, 1.807) is 0 Å². The molecule has 102 valence electrons. The van der Waals surface area contributed by atoms with Gasteiger partial charge in [0.2, 0.25) is 0 Å². The van der Waals surface area contributed by atoms with Gasteiger partial charge in [-0.3, -0.25) is 0 Å². The maximum Gasteiger partial charge on any atom is 0.146 e. The summed E-state index contributed by atoms with van der Waals surface area (Å²) in [4.78, 5) is 0. The molecule has 1 aliphatic rings. The molecule has 1 rings (SSSR count). The van der Waals surface area contributed by atoms with Crippen LogP contribution >= 0.6 is 0 Å². The third-order valence-electron chi connectivity index (χ3n) is 3.17. The quantitative estimate of drug-likeness (QED) is 0.414. The molecule has 17 heavy (non-hydrogen) atoms. The van der Waals surface area contributed by atoms with E-state index in [1.165, 1.54) is 0 Å². The molecule has 1 saturated heterocycles. The lowest BCUT2D eigenvalue weighted by atomic mass is 9.84. The highest BCUT2D eigenvalue weighted by Gasteiger charge is 2.36. The van der Waals surface area contributed by atoms with E-state index in [-0.39, 0.29) is 0 Å². The summed E-state index contributed by atoms with van der Waals surface area (Å²) in [5.41, 5.74) is 0.311. The summed E-state index contributed by atoms with van der Waals surface area (Å²) in [6, 6.07) is 0. The van der Waals surface area contributed by atoms with Gasteiger partial charge in [0.15, 0.2) is 0 Å². The van der Waals surface area contributed by atoms with Crippen molar-refractivity contribution in [2.75, 3.05) is 46.4 Å². The molecule has 0 spiro atoms. The van der Waals surface area contributed by atoms with E-state index in [1.807, 2.05) is 6.92 Å². The highest BCUT2D eigenvalue weighted by molar-refractivity contribution is 4.83. The van der Waals surface area contributed by atoms with E-state index < -0.39 is 0 Å². The van der Waals surface area contributed by atoms with Crippen LogP contribution in [0.15, 0.2) is 0 Å². The molecule has 0 atom stereocenters. The van der Waals surface area contributed by atoms with E-state index in [0.29, 0.717) is 18.8 Å². The van der Waals surface area contributed by atoms with Crippen molar-refractivity contribution >= 4 is 0 Å². The molecule has 0 aromatic rings. The van der Waals surface area contributed by atoms with Gasteiger partial charge in [0.05, 0.1) is 19.8 Å². The SMILES string of the molecule is CCOCOCCCCOCC1(CC)COC1. The first kappa shape index (κ1) is 14.9. The standard InChI is InChI=1S/C13H26O4/c1-3-13(10-17-11-13)9-15-7-5-6-8-16-12-14-4-2/h3-12H2,1-2H3. The predicted octanol–water partition coefficient (Wildman–Crippen LogP) is 2.22. The van der Waals surface area contributed by atoms with Crippen molar-refractivity contribution in [3.05, 3.63) is 0 Å². The summed E-state index contributed by atoms with van der Waals surface area (Å²) in [6.45, 7) is 9.42. The Labute approximate surface area is 105 Å². The van der Waals surface area contributed by atoms with Crippen LogP contribution in [-0.2, 0) is 18.9 Å². The lowest BCUT2D eigenvalue weighted by molar-refractivity contribution is -0.150. The zero-order chi connectivity index (χ0) is 12.4. The van der Waals surface area contributed by atoms with E-state index in [0.717, 1.165) is 52.3 Å². The van der Waals surface area contributed by atoms with Gasteiger partial charge in [-0.25, -0.2) is 0 Å². The molecule has 0 unspecified atom stereocenters. The maximum absolute atomic E-state index is 5.69. The van der Waals surface area contributed by atoms with Crippen molar-refractivity contribution in [1.29, 1.82) is 0 Å². The van der Waals surface area contributed by atoms with Gasteiger partial charge in [-0.2, -0.15) is 0 Å². The van der Waals surface area contributed by atoms with Crippen molar-refractivity contribution in [3.8, 4) is 0 Å². The average Bonchev–Trinajstić information content (AvgIpc) is 2.30. The lowest BCUT2D eigenvalue weighted by Gasteiger charge is -2.40. The first-order valence-corrected chi connectivity index (χ1v) is 6.64. The normalized spacial score (nSPS) is 18.0. The van der Waals surface area contributed by atoms with E-state index in [2.05, 4.69) is 6.92 Å². The van der Waals surface area contributed by atoms with Crippen molar-refractivity contribution in [2.45, 2.75) is 33.1 Å². The summed E-state index contributed by atoms with van der Waals surface area (Å²) in [5.74, 6) is 0. The van der Waals surface area contributed by atoms with Crippen LogP contribution in [0.3, 0.4) is 0 Å². The first-order valence-electron chi connectivity index (χ1n) is 6.64. The van der Waals surface area contributed by atoms with Crippen molar-refractivity contribution < 1.29 is 18.9 Å². The Morgan fingerprint density at radius 1 is 1.00 bits per heavy atom. The zero-order valence-corrected chi connectivity index (χ0v) is 11.2. The molecule has 0 radical (unpaired) electrons. The molecule has 0 bridgehead atoms. The Morgan fingerprint density at radius 2 is 1.71 bits per heavy atom. The lowest BCUT2D eigenvalue weighted by Crippen LogP contribution is -2.45. The molecule has 1 fully saturated rings. The molecule has 0 amide bonds. The Balaban J connectivity index is 1.81. The van der Waals surface area contributed by atoms with Crippen LogP contribution in [0.2, 0.25) is 0 Å². The molecule has 0 aromatic heterocycles. The van der Waals surface area contributed by atoms with Crippen molar-refractivity contribution in [2.24, 2.45) is 5.41 Å². The maximum atomic E-state index is 5.69. The first-order chi connectivity index (χ1) is 8.33. The fraction of sp³-hybridized carbons (Fsp3) is 1.00. The van der Waals surface area contributed by atoms with Crippen LogP contribution in [0.1, 0.15) is 33.1 Å². The monoisotopic (exact) mass is 246 g/mol. The number of ether oxygens (including phenoxy) is 4. The fourth-order valence-corrected chi connectivity index (χ4v) is 1.68. The zero-order valence-electron chi connectivity index (χ0n) is 11.2. The van der Waals surface area contributed by atoms with Gasteiger partial charge in [0.1, 0.15) is 6.79 Å². The second-order valence-corrected chi connectivity index (χ2v) is 4.62. The Bertz CT molecular complexity index is 175. The van der Waals surface area contributed by atoms with Crippen LogP contribution in [0.4, 0.5) is 0 Å². The van der Waals surface area contributed by atoms with Crippen LogP contribution in [-0.4, -0.2) is 46.4 Å². The van der Waals surface area contributed by atoms with Crippen molar-refractivity contribution in [1.82, 2.24) is 0 Å². The van der Waals surface area contributed by atoms with Crippen molar-refractivity contribution in [3.63, 3.8) is 0 Å². The van der Waals surface area contributed by atoms with Crippen LogP contribution < -0.4 is 0 Å². The summed E-state index contributed by atoms with van der Waals surface area (Å²) in [7, 11) is 0. The molecule has 0 saturated carbocycles. The van der Waals surface area contributed by atoms with E-state index in [9.17, 15) is 0 Å². The van der Waals surface area contributed by atoms with Gasteiger partial charge in [-0.15, -0.1) is 0 Å². The largest absolute Gasteiger partial charge is 0.381 e. The van der Waals surface area contributed by atoms with Gasteiger partial charge in [0.25, 0.3) is 0 Å². The van der Waals surface area contributed by atoms with Gasteiger partial charge < -0.3 is 18.9 Å². The minimum Gasteiger partial charge on any atom is -0.381 e. The fourth-order valence-electron chi connectivity index (χ4n) is 1.68. The highest BCUT2D eigenvalue weighted by atomic mass is 16.7. The Hall–Kier alpha value is -0.160. The topological polar surface area (TPSA) is 36.9 Å². The van der Waals surface area contributed by atoms with Gasteiger partial charge in [-0.1, -0.05) is 6.92 Å².